The molecule has 0 bridgehead atoms. The van der Waals surface area contributed by atoms with E-state index in [0.29, 0.717) is 17.0 Å². The third kappa shape index (κ3) is 5.93. The van der Waals surface area contributed by atoms with E-state index >= 15 is 0 Å². The monoisotopic (exact) mass is 599 g/mol. The van der Waals surface area contributed by atoms with Crippen molar-refractivity contribution in [2.24, 2.45) is 7.05 Å². The van der Waals surface area contributed by atoms with Gasteiger partial charge in [-0.15, -0.1) is 0 Å². The molecule has 4 aromatic rings. The number of aryl methyl sites for hydroxylation is 2. The van der Waals surface area contributed by atoms with Crippen molar-refractivity contribution in [3.8, 4) is 22.8 Å². The van der Waals surface area contributed by atoms with E-state index in [-0.39, 0.29) is 17.6 Å². The molecule has 0 aliphatic carbocycles. The van der Waals surface area contributed by atoms with E-state index in [4.69, 9.17) is 14.6 Å². The van der Waals surface area contributed by atoms with Gasteiger partial charge < -0.3 is 34.5 Å². The Morgan fingerprint density at radius 2 is 1.86 bits per heavy atom. The lowest BCUT2D eigenvalue weighted by Crippen LogP contribution is -2.31. The number of hydrogen-bond acceptors (Lipinski definition) is 7. The molecule has 0 saturated carbocycles. The number of anilines is 1. The van der Waals surface area contributed by atoms with E-state index in [0.717, 1.165) is 71.0 Å². The number of allylic oxidation sites excluding steroid dienone is 1. The van der Waals surface area contributed by atoms with Gasteiger partial charge in [0.15, 0.2) is 5.76 Å². The predicted octanol–water partition coefficient (Wildman–Crippen LogP) is 4.53. The second-order valence-corrected chi connectivity index (χ2v) is 11.4. The molecule has 5 rings (SSSR count). The number of benzene rings is 2. The number of ketones is 1. The Kier molecular flexibility index (Phi) is 8.80. The third-order valence-electron chi connectivity index (χ3n) is 8.12. The van der Waals surface area contributed by atoms with E-state index in [1.165, 1.54) is 7.05 Å². The summed E-state index contributed by atoms with van der Waals surface area (Å²) < 4.78 is 16.0. The lowest BCUT2D eigenvalue weighted by atomic mass is 10.0. The lowest BCUT2D eigenvalue weighted by molar-refractivity contribution is 0.101. The number of methoxy groups -OCH3 is 1. The molecule has 2 aromatic carbocycles. The number of likely N-dealkylation sites (N-methyl/N-ethyl adjacent to an activating group) is 2. The van der Waals surface area contributed by atoms with Crippen LogP contribution in [0.1, 0.15) is 27.3 Å². The van der Waals surface area contributed by atoms with Crippen molar-refractivity contribution in [3.63, 3.8) is 0 Å². The molecule has 0 unspecified atom stereocenters. The predicted molar refractivity (Wildman–Crippen MR) is 174 cm³/mol. The molecule has 11 heteroatoms. The van der Waals surface area contributed by atoms with Crippen LogP contribution in [0.3, 0.4) is 0 Å². The zero-order valence-electron chi connectivity index (χ0n) is 26.7. The Balaban J connectivity index is 1.67. The second kappa shape index (κ2) is 12.6. The maximum atomic E-state index is 13.7. The molecular weight excluding hydrogens is 558 g/mol. The molecule has 1 aliphatic heterocycles. The minimum Gasteiger partial charge on any atom is -0.497 e. The molecule has 2 amide bonds. The Bertz CT molecular complexity index is 1770. The fraction of sp³-hybridized carbons (Fsp3) is 0.364. The number of Topliss-reactive ketones (excluding diaryl/α,β-unsaturated/α-hetero) is 1. The first-order valence-corrected chi connectivity index (χ1v) is 14.6. The van der Waals surface area contributed by atoms with E-state index < -0.39 is 0 Å². The second-order valence-electron chi connectivity index (χ2n) is 11.4. The fourth-order valence-corrected chi connectivity index (χ4v) is 5.60. The number of ether oxygens (including phenoxy) is 2. The van der Waals surface area contributed by atoms with E-state index in [1.807, 2.05) is 36.9 Å². The highest BCUT2D eigenvalue weighted by Crippen LogP contribution is 2.41. The SMILES string of the molecule is CNC(=O)Nc1ccc2c(c1)C(=O)C(=Cc1c(-c3c(C)nn(C)c3C)n(CCN(C)CCN(C)C)c3ccc(OC)cc13)O2. The molecule has 11 nitrogen and oxygen atoms in total. The van der Waals surface area contributed by atoms with Crippen molar-refractivity contribution in [3.05, 3.63) is 64.7 Å². The average Bonchev–Trinajstić information content (AvgIpc) is 3.57. The van der Waals surface area contributed by atoms with Crippen LogP contribution in [0.5, 0.6) is 11.5 Å². The van der Waals surface area contributed by atoms with Crippen molar-refractivity contribution in [2.75, 3.05) is 60.3 Å². The van der Waals surface area contributed by atoms with Gasteiger partial charge in [0.05, 0.1) is 24.1 Å². The Morgan fingerprint density at radius 3 is 2.52 bits per heavy atom. The van der Waals surface area contributed by atoms with Crippen molar-refractivity contribution in [1.29, 1.82) is 0 Å². The van der Waals surface area contributed by atoms with Gasteiger partial charge in [-0.25, -0.2) is 4.79 Å². The summed E-state index contributed by atoms with van der Waals surface area (Å²) >= 11 is 0. The van der Waals surface area contributed by atoms with E-state index in [9.17, 15) is 9.59 Å². The molecule has 232 valence electrons. The van der Waals surface area contributed by atoms with Gasteiger partial charge in [0.25, 0.3) is 0 Å². The van der Waals surface area contributed by atoms with Crippen molar-refractivity contribution in [1.82, 2.24) is 29.5 Å². The van der Waals surface area contributed by atoms with Gasteiger partial charge in [-0.05, 0) is 77.5 Å². The summed E-state index contributed by atoms with van der Waals surface area (Å²) in [4.78, 5) is 30.1. The van der Waals surface area contributed by atoms with Gasteiger partial charge in [0.2, 0.25) is 5.78 Å². The molecular formula is C33H41N7O4. The summed E-state index contributed by atoms with van der Waals surface area (Å²) in [6, 6.07) is 10.7. The first-order chi connectivity index (χ1) is 21.0. The minimum absolute atomic E-state index is 0.211. The van der Waals surface area contributed by atoms with Crippen LogP contribution < -0.4 is 20.1 Å². The van der Waals surface area contributed by atoms with Gasteiger partial charge in [0.1, 0.15) is 11.5 Å². The minimum atomic E-state index is -0.368. The average molecular weight is 600 g/mol. The zero-order chi connectivity index (χ0) is 31.7. The molecule has 3 heterocycles. The summed E-state index contributed by atoms with van der Waals surface area (Å²) in [7, 11) is 11.4. The highest BCUT2D eigenvalue weighted by molar-refractivity contribution is 6.16. The Labute approximate surface area is 258 Å². The number of amides is 2. The van der Waals surface area contributed by atoms with Crippen molar-refractivity contribution >= 4 is 34.5 Å². The number of hydrogen-bond donors (Lipinski definition) is 2. The fourth-order valence-electron chi connectivity index (χ4n) is 5.60. The molecule has 0 saturated heterocycles. The maximum absolute atomic E-state index is 13.7. The molecule has 0 radical (unpaired) electrons. The number of carbonyl (C=O) groups is 2. The number of aromatic nitrogens is 3. The van der Waals surface area contributed by atoms with Crippen LogP contribution in [0.15, 0.2) is 42.2 Å². The first-order valence-electron chi connectivity index (χ1n) is 14.6. The summed E-state index contributed by atoms with van der Waals surface area (Å²) in [6.07, 6.45) is 1.84. The summed E-state index contributed by atoms with van der Waals surface area (Å²) in [5, 5.41) is 10.9. The van der Waals surface area contributed by atoms with Crippen LogP contribution in [0.4, 0.5) is 10.5 Å². The third-order valence-corrected chi connectivity index (χ3v) is 8.12. The highest BCUT2D eigenvalue weighted by atomic mass is 16.5. The summed E-state index contributed by atoms with van der Waals surface area (Å²) in [5.74, 6) is 1.12. The van der Waals surface area contributed by atoms with Crippen LogP contribution in [-0.4, -0.2) is 90.9 Å². The smallest absolute Gasteiger partial charge is 0.318 e. The first kappa shape index (κ1) is 30.8. The lowest BCUT2D eigenvalue weighted by Gasteiger charge is -2.21. The zero-order valence-corrected chi connectivity index (χ0v) is 26.7. The quantitative estimate of drug-likeness (QED) is 0.258. The van der Waals surface area contributed by atoms with Crippen molar-refractivity contribution < 1.29 is 19.1 Å². The topological polar surface area (TPSA) is 106 Å². The molecule has 44 heavy (non-hydrogen) atoms. The number of nitrogens with one attached hydrogen (secondary N) is 2. The molecule has 1 aliphatic rings. The van der Waals surface area contributed by atoms with E-state index in [1.54, 1.807) is 25.3 Å². The summed E-state index contributed by atoms with van der Waals surface area (Å²) in [6.45, 7) is 7.53. The van der Waals surface area contributed by atoms with E-state index in [2.05, 4.69) is 59.1 Å². The van der Waals surface area contributed by atoms with Gasteiger partial charge in [0, 0.05) is 73.7 Å². The number of urea groups is 1. The molecule has 0 atom stereocenters. The molecule has 0 fully saturated rings. The normalized spacial score (nSPS) is 13.7. The Hall–Kier alpha value is -4.61. The van der Waals surface area contributed by atoms with Crippen LogP contribution in [-0.2, 0) is 13.6 Å². The number of rotatable bonds is 10. The molecule has 2 N–H and O–H groups in total. The van der Waals surface area contributed by atoms with Crippen molar-refractivity contribution in [2.45, 2.75) is 20.4 Å². The molecule has 2 aromatic heterocycles. The van der Waals surface area contributed by atoms with Crippen LogP contribution in [0, 0.1) is 13.8 Å². The van der Waals surface area contributed by atoms with Gasteiger partial charge in [-0.3, -0.25) is 9.48 Å². The number of nitrogens with zero attached hydrogens (tertiary/aromatic N) is 5. The summed E-state index contributed by atoms with van der Waals surface area (Å²) in [5.41, 5.74) is 6.68. The number of carbonyl (C=O) groups excluding carboxylic acids is 2. The number of fused-ring (bicyclic) bond motifs is 2. The largest absolute Gasteiger partial charge is 0.497 e. The van der Waals surface area contributed by atoms with Crippen LogP contribution in [0.25, 0.3) is 28.2 Å². The van der Waals surface area contributed by atoms with Gasteiger partial charge >= 0.3 is 6.03 Å². The highest BCUT2D eigenvalue weighted by Gasteiger charge is 2.30. The molecule has 0 spiro atoms. The van der Waals surface area contributed by atoms with Gasteiger partial charge in [-0.1, -0.05) is 0 Å². The van der Waals surface area contributed by atoms with Crippen LogP contribution >= 0.6 is 0 Å². The maximum Gasteiger partial charge on any atom is 0.318 e. The van der Waals surface area contributed by atoms with Crippen LogP contribution in [0.2, 0.25) is 0 Å². The standard InChI is InChI=1S/C33H41N7O4/c1-20-30(21(2)39(7)36-20)31-25(19-29-32(41)26-17-22(35-33(42)34-3)9-12-28(26)44-29)24-18-23(43-8)10-11-27(24)40(31)16-15-38(6)14-13-37(4)5/h9-12,17-19H,13-16H2,1-8H3,(H2,34,35,42). The van der Waals surface area contributed by atoms with Gasteiger partial charge in [-0.2, -0.15) is 5.10 Å². The Morgan fingerprint density at radius 1 is 1.09 bits per heavy atom.